The fourth-order valence-corrected chi connectivity index (χ4v) is 3.87. The molecule has 1 aromatic carbocycles. The second kappa shape index (κ2) is 4.29. The molecule has 0 aromatic heterocycles. The Balaban J connectivity index is 0.00000108. The maximum absolute atomic E-state index is 2.72. The Kier molecular flexibility index (Phi) is 3.26. The molecule has 94 valence electrons. The second-order valence-corrected chi connectivity index (χ2v) is 5.78. The maximum atomic E-state index is 2.72. The van der Waals surface area contributed by atoms with Crippen LogP contribution in [0.4, 0.5) is 0 Å². The van der Waals surface area contributed by atoms with Gasteiger partial charge in [0.05, 0.1) is 0 Å². The molecule has 17 heavy (non-hydrogen) atoms. The van der Waals surface area contributed by atoms with Crippen molar-refractivity contribution in [2.75, 3.05) is 0 Å². The van der Waals surface area contributed by atoms with Crippen LogP contribution in [0.3, 0.4) is 0 Å². The Morgan fingerprint density at radius 1 is 0.941 bits per heavy atom. The van der Waals surface area contributed by atoms with Crippen molar-refractivity contribution in [3.05, 3.63) is 35.4 Å². The average Bonchev–Trinajstić information content (AvgIpc) is 2.73. The summed E-state index contributed by atoms with van der Waals surface area (Å²) in [6, 6.07) is 11.0. The van der Waals surface area contributed by atoms with Crippen molar-refractivity contribution in [2.45, 2.75) is 45.8 Å². The number of hydrogen-bond acceptors (Lipinski definition) is 1. The minimum Gasteiger partial charge on any atom is -0.286 e. The Morgan fingerprint density at radius 2 is 1.35 bits per heavy atom. The van der Waals surface area contributed by atoms with E-state index in [1.807, 2.05) is 0 Å². The summed E-state index contributed by atoms with van der Waals surface area (Å²) in [5.41, 5.74) is 3.18. The van der Waals surface area contributed by atoms with Crippen LogP contribution in [0.25, 0.3) is 0 Å². The van der Waals surface area contributed by atoms with Crippen LogP contribution in [-0.2, 0) is 0 Å². The number of rotatable bonds is 1. The molecule has 0 aliphatic carbocycles. The molecule has 3 rings (SSSR count). The molecule has 0 N–H and O–H groups in total. The van der Waals surface area contributed by atoms with E-state index in [1.165, 1.54) is 0 Å². The Morgan fingerprint density at radius 3 is 1.71 bits per heavy atom. The molecule has 1 nitrogen and oxygen atoms in total. The van der Waals surface area contributed by atoms with Crippen molar-refractivity contribution in [3.63, 3.8) is 0 Å². The van der Waals surface area contributed by atoms with E-state index in [2.05, 4.69) is 56.9 Å². The lowest BCUT2D eigenvalue weighted by molar-refractivity contribution is 0.159. The van der Waals surface area contributed by atoms with E-state index >= 15 is 0 Å². The first-order valence-corrected chi connectivity index (χ1v) is 6.49. The van der Waals surface area contributed by atoms with Gasteiger partial charge in [-0.2, -0.15) is 0 Å². The second-order valence-electron chi connectivity index (χ2n) is 5.78. The predicted octanol–water partition coefficient (Wildman–Crippen LogP) is 4.20. The van der Waals surface area contributed by atoms with Crippen molar-refractivity contribution in [2.24, 2.45) is 11.8 Å². The number of benzene rings is 1. The molecule has 0 saturated carbocycles. The minimum atomic E-state index is 0. The molecule has 0 radical (unpaired) electrons. The van der Waals surface area contributed by atoms with Crippen LogP contribution in [0.2, 0.25) is 0 Å². The Hall–Kier alpha value is -0.530. The summed E-state index contributed by atoms with van der Waals surface area (Å²) < 4.78 is 0. The summed E-state index contributed by atoms with van der Waals surface area (Å²) in [5, 5.41) is 0. The first-order valence-electron chi connectivity index (χ1n) is 6.49. The van der Waals surface area contributed by atoms with Gasteiger partial charge in [-0.1, -0.05) is 38.1 Å². The molecule has 0 amide bonds. The standard InChI is InChI=1S/C15H21N.ClH/c1-9(2)16-14-10(3)11(4)15(16)13-8-6-5-7-12(13)14;/h5-11,14-15H,1-4H3;1H. The smallest absolute Gasteiger partial charge is 0.0389 e. The Labute approximate surface area is 111 Å². The van der Waals surface area contributed by atoms with Crippen molar-refractivity contribution >= 4 is 12.4 Å². The average molecular weight is 252 g/mol. The molecule has 4 unspecified atom stereocenters. The summed E-state index contributed by atoms with van der Waals surface area (Å²) in [6.45, 7) is 9.49. The fourth-order valence-electron chi connectivity index (χ4n) is 3.87. The predicted molar refractivity (Wildman–Crippen MR) is 74.5 cm³/mol. The molecule has 2 aliphatic heterocycles. The van der Waals surface area contributed by atoms with E-state index in [0.717, 1.165) is 11.8 Å². The van der Waals surface area contributed by atoms with Gasteiger partial charge in [-0.15, -0.1) is 12.4 Å². The molecule has 4 atom stereocenters. The first kappa shape index (κ1) is 12.9. The highest BCUT2D eigenvalue weighted by molar-refractivity contribution is 5.85. The Bertz CT molecular complexity index is 380. The van der Waals surface area contributed by atoms with E-state index in [9.17, 15) is 0 Å². The summed E-state index contributed by atoms with van der Waals surface area (Å²) in [5.74, 6) is 1.59. The first-order chi connectivity index (χ1) is 7.63. The van der Waals surface area contributed by atoms with Crippen LogP contribution >= 0.6 is 12.4 Å². The largest absolute Gasteiger partial charge is 0.286 e. The number of fused-ring (bicyclic) bond motifs is 5. The lowest BCUT2D eigenvalue weighted by Gasteiger charge is -2.27. The van der Waals surface area contributed by atoms with Gasteiger partial charge in [0, 0.05) is 18.1 Å². The van der Waals surface area contributed by atoms with Gasteiger partial charge in [-0.25, -0.2) is 0 Å². The third-order valence-electron chi connectivity index (χ3n) is 4.70. The number of hydrogen-bond donors (Lipinski definition) is 0. The van der Waals surface area contributed by atoms with Crippen LogP contribution in [0.1, 0.15) is 50.9 Å². The molecule has 2 heteroatoms. The van der Waals surface area contributed by atoms with Gasteiger partial charge in [-0.3, -0.25) is 4.90 Å². The van der Waals surface area contributed by atoms with E-state index in [1.54, 1.807) is 11.1 Å². The van der Waals surface area contributed by atoms with Crippen LogP contribution in [0, 0.1) is 11.8 Å². The van der Waals surface area contributed by atoms with E-state index in [4.69, 9.17) is 0 Å². The zero-order valence-electron chi connectivity index (χ0n) is 11.1. The fraction of sp³-hybridized carbons (Fsp3) is 0.600. The van der Waals surface area contributed by atoms with Gasteiger partial charge in [0.2, 0.25) is 0 Å². The van der Waals surface area contributed by atoms with Gasteiger partial charge in [-0.05, 0) is 36.8 Å². The monoisotopic (exact) mass is 251 g/mol. The quantitative estimate of drug-likeness (QED) is 0.723. The van der Waals surface area contributed by atoms with E-state index in [0.29, 0.717) is 18.1 Å². The molecular weight excluding hydrogens is 230 g/mol. The maximum Gasteiger partial charge on any atom is 0.0389 e. The van der Waals surface area contributed by atoms with Gasteiger partial charge in [0.15, 0.2) is 0 Å². The number of nitrogens with zero attached hydrogens (tertiary/aromatic N) is 1. The van der Waals surface area contributed by atoms with Crippen LogP contribution in [0.5, 0.6) is 0 Å². The third-order valence-corrected chi connectivity index (χ3v) is 4.70. The molecule has 2 bridgehead atoms. The van der Waals surface area contributed by atoms with Crippen LogP contribution in [0.15, 0.2) is 24.3 Å². The molecule has 1 aromatic rings. The lowest BCUT2D eigenvalue weighted by atomic mass is 9.78. The molecule has 1 saturated heterocycles. The third kappa shape index (κ3) is 1.56. The zero-order valence-corrected chi connectivity index (χ0v) is 11.9. The summed E-state index contributed by atoms with van der Waals surface area (Å²) >= 11 is 0. The van der Waals surface area contributed by atoms with Gasteiger partial charge in [0.1, 0.15) is 0 Å². The van der Waals surface area contributed by atoms with E-state index < -0.39 is 0 Å². The summed E-state index contributed by atoms with van der Waals surface area (Å²) in [4.78, 5) is 2.72. The molecule has 2 aliphatic rings. The van der Waals surface area contributed by atoms with Crippen molar-refractivity contribution in [1.82, 2.24) is 4.90 Å². The lowest BCUT2D eigenvalue weighted by Crippen LogP contribution is -2.28. The number of halogens is 1. The van der Waals surface area contributed by atoms with Crippen molar-refractivity contribution in [1.29, 1.82) is 0 Å². The van der Waals surface area contributed by atoms with Crippen LogP contribution in [-0.4, -0.2) is 10.9 Å². The zero-order chi connectivity index (χ0) is 11.4. The highest BCUT2D eigenvalue weighted by Gasteiger charge is 2.52. The SMILES string of the molecule is CC1C(C)C2c3ccccc3C1N2C(C)C.Cl. The summed E-state index contributed by atoms with van der Waals surface area (Å²) in [7, 11) is 0. The van der Waals surface area contributed by atoms with Gasteiger partial charge >= 0.3 is 0 Å². The summed E-state index contributed by atoms with van der Waals surface area (Å²) in [6.07, 6.45) is 0. The van der Waals surface area contributed by atoms with Gasteiger partial charge in [0.25, 0.3) is 0 Å². The van der Waals surface area contributed by atoms with E-state index in [-0.39, 0.29) is 12.4 Å². The highest BCUT2D eigenvalue weighted by Crippen LogP contribution is 2.59. The molecular formula is C15H22ClN. The molecule has 0 spiro atoms. The highest BCUT2D eigenvalue weighted by atomic mass is 35.5. The molecule has 2 heterocycles. The topological polar surface area (TPSA) is 3.24 Å². The van der Waals surface area contributed by atoms with Crippen LogP contribution < -0.4 is 0 Å². The minimum absolute atomic E-state index is 0. The van der Waals surface area contributed by atoms with Crippen molar-refractivity contribution in [3.8, 4) is 0 Å². The molecule has 1 fully saturated rings. The van der Waals surface area contributed by atoms with Gasteiger partial charge < -0.3 is 0 Å². The van der Waals surface area contributed by atoms with Crippen molar-refractivity contribution < 1.29 is 0 Å². The normalized spacial score (nSPS) is 34.9.